The lowest BCUT2D eigenvalue weighted by Gasteiger charge is -2.30. The molecule has 1 aliphatic heterocycles. The van der Waals surface area contributed by atoms with Gasteiger partial charge in [0.2, 0.25) is 0 Å². The average Bonchev–Trinajstić information content (AvgIpc) is 2.93. The Kier molecular flexibility index (Phi) is 6.82. The van der Waals surface area contributed by atoms with E-state index in [1.165, 1.54) is 0 Å². The Hall–Kier alpha value is -4.36. The van der Waals surface area contributed by atoms with E-state index in [-0.39, 0.29) is 12.5 Å². The fourth-order valence-electron chi connectivity index (χ4n) is 3.93. The molecule has 0 bridgehead atoms. The predicted octanol–water partition coefficient (Wildman–Crippen LogP) is 5.46. The second-order valence-electron chi connectivity index (χ2n) is 8.05. The lowest BCUT2D eigenvalue weighted by Crippen LogP contribution is -2.35. The summed E-state index contributed by atoms with van der Waals surface area (Å²) in [5.41, 5.74) is 3.96. The number of fused-ring (bicyclic) bond motifs is 2. The van der Waals surface area contributed by atoms with Gasteiger partial charge in [0.1, 0.15) is 6.54 Å². The van der Waals surface area contributed by atoms with Crippen LogP contribution in [0.3, 0.4) is 0 Å². The zero-order chi connectivity index (χ0) is 24.9. The number of carbonyl (C=O) groups is 3. The lowest BCUT2D eigenvalue weighted by atomic mass is 10.0. The van der Waals surface area contributed by atoms with Crippen molar-refractivity contribution in [2.45, 2.75) is 9.79 Å². The van der Waals surface area contributed by atoms with Crippen LogP contribution in [0.15, 0.2) is 113 Å². The maximum atomic E-state index is 13.1. The van der Waals surface area contributed by atoms with Crippen LogP contribution in [0.25, 0.3) is 11.1 Å². The molecule has 0 spiro atoms. The first-order chi connectivity index (χ1) is 17.6. The van der Waals surface area contributed by atoms with Gasteiger partial charge in [-0.2, -0.15) is 0 Å². The summed E-state index contributed by atoms with van der Waals surface area (Å²) in [4.78, 5) is 41.3. The fourth-order valence-corrected chi connectivity index (χ4v) is 4.99. The number of nitrogens with one attached hydrogen (secondary N) is 1. The number of hydrogen-bond donors (Lipinski definition) is 1. The first kappa shape index (κ1) is 23.4. The number of hydrogen-bond acceptors (Lipinski definition) is 5. The lowest BCUT2D eigenvalue weighted by molar-refractivity contribution is -0.146. The number of benzene rings is 4. The fraction of sp³-hybridized carbons (Fsp3) is 0.0690. The summed E-state index contributed by atoms with van der Waals surface area (Å²) in [6.45, 7) is -0.774. The molecule has 0 aromatic heterocycles. The van der Waals surface area contributed by atoms with Crippen LogP contribution < -0.4 is 10.2 Å². The number of amides is 2. The molecule has 0 atom stereocenters. The number of para-hydroxylation sites is 2. The highest BCUT2D eigenvalue weighted by molar-refractivity contribution is 7.99. The number of esters is 1. The number of anilines is 2. The Morgan fingerprint density at radius 2 is 1.25 bits per heavy atom. The van der Waals surface area contributed by atoms with E-state index in [1.54, 1.807) is 28.8 Å². The van der Waals surface area contributed by atoms with Crippen LogP contribution in [-0.4, -0.2) is 30.9 Å². The highest BCUT2D eigenvalue weighted by atomic mass is 32.2. The van der Waals surface area contributed by atoms with Gasteiger partial charge in [0.15, 0.2) is 6.61 Å². The van der Waals surface area contributed by atoms with Gasteiger partial charge >= 0.3 is 5.97 Å². The molecule has 4 aromatic rings. The molecule has 0 unspecified atom stereocenters. The summed E-state index contributed by atoms with van der Waals surface area (Å²) in [6, 6.07) is 32.1. The van der Waals surface area contributed by atoms with Crippen LogP contribution in [-0.2, 0) is 14.3 Å². The highest BCUT2D eigenvalue weighted by Gasteiger charge is 2.28. The molecule has 178 valence electrons. The van der Waals surface area contributed by atoms with Gasteiger partial charge in [-0.1, -0.05) is 78.5 Å². The van der Waals surface area contributed by atoms with Crippen molar-refractivity contribution in [3.8, 4) is 11.1 Å². The van der Waals surface area contributed by atoms with Gasteiger partial charge in [0, 0.05) is 15.4 Å². The highest BCUT2D eigenvalue weighted by Crippen LogP contribution is 2.47. The molecule has 1 N–H and O–H groups in total. The number of ether oxygens (including phenoxy) is 1. The van der Waals surface area contributed by atoms with Crippen molar-refractivity contribution in [1.82, 2.24) is 5.32 Å². The molecule has 4 aromatic carbocycles. The first-order valence-electron chi connectivity index (χ1n) is 11.4. The van der Waals surface area contributed by atoms with E-state index < -0.39 is 18.5 Å². The largest absolute Gasteiger partial charge is 0.454 e. The number of nitrogens with zero attached hydrogens (tertiary/aromatic N) is 1. The van der Waals surface area contributed by atoms with Crippen LogP contribution in [0, 0.1) is 0 Å². The third-order valence-electron chi connectivity index (χ3n) is 5.69. The van der Waals surface area contributed by atoms with Gasteiger partial charge in [-0.05, 0) is 47.5 Å². The minimum Gasteiger partial charge on any atom is -0.454 e. The average molecular weight is 495 g/mol. The molecule has 0 aliphatic carbocycles. The van der Waals surface area contributed by atoms with E-state index in [2.05, 4.69) is 5.32 Å². The number of rotatable bonds is 6. The summed E-state index contributed by atoms with van der Waals surface area (Å²) in [7, 11) is 0. The van der Waals surface area contributed by atoms with E-state index in [1.807, 2.05) is 91.0 Å². The third kappa shape index (κ3) is 5.01. The maximum absolute atomic E-state index is 13.1. The van der Waals surface area contributed by atoms with Gasteiger partial charge in [-0.3, -0.25) is 19.3 Å². The summed E-state index contributed by atoms with van der Waals surface area (Å²) in [5, 5.41) is 2.55. The monoisotopic (exact) mass is 494 g/mol. The molecule has 0 saturated carbocycles. The molecule has 7 heteroatoms. The van der Waals surface area contributed by atoms with Gasteiger partial charge in [0.05, 0.1) is 11.4 Å². The van der Waals surface area contributed by atoms with Crippen molar-refractivity contribution in [3.63, 3.8) is 0 Å². The van der Waals surface area contributed by atoms with E-state index in [0.29, 0.717) is 5.56 Å². The van der Waals surface area contributed by atoms with Crippen LogP contribution in [0.2, 0.25) is 0 Å². The molecular formula is C29H22N2O4S. The Bertz CT molecular complexity index is 1380. The van der Waals surface area contributed by atoms with E-state index in [0.717, 1.165) is 32.3 Å². The van der Waals surface area contributed by atoms with Crippen molar-refractivity contribution in [2.75, 3.05) is 18.1 Å². The molecule has 0 radical (unpaired) electrons. The Balaban J connectivity index is 1.17. The normalized spacial score (nSPS) is 11.7. The maximum Gasteiger partial charge on any atom is 0.325 e. The molecule has 0 fully saturated rings. The van der Waals surface area contributed by atoms with E-state index >= 15 is 0 Å². The predicted molar refractivity (Wildman–Crippen MR) is 139 cm³/mol. The smallest absolute Gasteiger partial charge is 0.325 e. The van der Waals surface area contributed by atoms with Crippen LogP contribution in [0.1, 0.15) is 10.4 Å². The molecular weight excluding hydrogens is 472 g/mol. The summed E-state index contributed by atoms with van der Waals surface area (Å²) >= 11 is 1.59. The molecule has 1 heterocycles. The zero-order valence-corrected chi connectivity index (χ0v) is 20.0. The topological polar surface area (TPSA) is 75.7 Å². The number of carbonyl (C=O) groups excluding carboxylic acids is 3. The van der Waals surface area contributed by atoms with Gasteiger partial charge in [-0.15, -0.1) is 0 Å². The Morgan fingerprint density at radius 3 is 1.89 bits per heavy atom. The van der Waals surface area contributed by atoms with Crippen LogP contribution in [0.5, 0.6) is 0 Å². The Morgan fingerprint density at radius 1 is 0.694 bits per heavy atom. The van der Waals surface area contributed by atoms with Crippen molar-refractivity contribution < 1.29 is 19.1 Å². The molecule has 0 saturated heterocycles. The minimum absolute atomic E-state index is 0.338. The standard InChI is InChI=1S/C29H22N2O4S/c32-27(31-23-10-4-6-12-25(23)36-26-13-7-5-11-24(26)31)19-35-28(33)18-30-29(34)22-16-14-21(15-17-22)20-8-2-1-3-9-20/h1-17H,18-19H2,(H,30,34). The van der Waals surface area contributed by atoms with Crippen molar-refractivity contribution in [2.24, 2.45) is 0 Å². The summed E-state index contributed by atoms with van der Waals surface area (Å²) in [6.07, 6.45) is 0. The second-order valence-corrected chi connectivity index (χ2v) is 9.14. The van der Waals surface area contributed by atoms with Gasteiger partial charge in [0.25, 0.3) is 11.8 Å². The minimum atomic E-state index is -0.689. The van der Waals surface area contributed by atoms with Crippen LogP contribution in [0.4, 0.5) is 11.4 Å². The molecule has 2 amide bonds. The second kappa shape index (κ2) is 10.5. The molecule has 5 rings (SSSR count). The van der Waals surface area contributed by atoms with E-state index in [9.17, 15) is 14.4 Å². The van der Waals surface area contributed by atoms with Gasteiger partial charge < -0.3 is 10.1 Å². The quantitative estimate of drug-likeness (QED) is 0.361. The van der Waals surface area contributed by atoms with Gasteiger partial charge in [-0.25, -0.2) is 0 Å². The summed E-state index contributed by atoms with van der Waals surface area (Å²) in [5.74, 6) is -1.45. The third-order valence-corrected chi connectivity index (χ3v) is 6.82. The molecule has 36 heavy (non-hydrogen) atoms. The van der Waals surface area contributed by atoms with Crippen molar-refractivity contribution in [3.05, 3.63) is 109 Å². The van der Waals surface area contributed by atoms with Crippen LogP contribution >= 0.6 is 11.8 Å². The van der Waals surface area contributed by atoms with E-state index in [4.69, 9.17) is 4.74 Å². The zero-order valence-electron chi connectivity index (χ0n) is 19.2. The van der Waals surface area contributed by atoms with Crippen molar-refractivity contribution in [1.29, 1.82) is 0 Å². The molecule has 6 nitrogen and oxygen atoms in total. The van der Waals surface area contributed by atoms with Crippen molar-refractivity contribution >= 4 is 40.9 Å². The summed E-state index contributed by atoms with van der Waals surface area (Å²) < 4.78 is 5.20. The SMILES string of the molecule is O=C(CNC(=O)c1ccc(-c2ccccc2)cc1)OCC(=O)N1c2ccccc2Sc2ccccc21. The molecule has 1 aliphatic rings. The Labute approximate surface area is 212 Å². The first-order valence-corrected chi connectivity index (χ1v) is 12.2.